The second-order valence-electron chi connectivity index (χ2n) is 20.3. The fourth-order valence-electron chi connectivity index (χ4n) is 8.32. The molecular weight excluding hydrogens is 1310 g/mol. The molecule has 0 saturated carbocycles. The second-order valence-corrected chi connectivity index (χ2v) is 26.6. The number of hydrogen-bond acceptors (Lipinski definition) is 25. The summed E-state index contributed by atoms with van der Waals surface area (Å²) in [6.07, 6.45) is -0.320. The number of aryl methyl sites for hydroxylation is 4. The lowest BCUT2D eigenvalue weighted by molar-refractivity contribution is 0.261. The molecule has 0 aromatic heterocycles. The average Bonchev–Trinajstić information content (AvgIpc) is 0.839. The fourth-order valence-corrected chi connectivity index (χ4v) is 10.2. The van der Waals surface area contributed by atoms with Gasteiger partial charge in [-0.1, -0.05) is 0 Å². The number of benzene rings is 6. The van der Waals surface area contributed by atoms with E-state index in [-0.39, 0.29) is 109 Å². The van der Waals surface area contributed by atoms with Crippen LogP contribution in [0.4, 0.5) is 61.7 Å². The monoisotopic (exact) mass is 1380 g/mol. The van der Waals surface area contributed by atoms with Gasteiger partial charge in [-0.3, -0.25) is 18.2 Å². The van der Waals surface area contributed by atoms with Crippen LogP contribution in [-0.2, 0) is 40.5 Å². The first-order valence-corrected chi connectivity index (χ1v) is 35.1. The Hall–Kier alpha value is -8.97. The van der Waals surface area contributed by atoms with E-state index < -0.39 is 69.5 Å². The quantitative estimate of drug-likeness (QED) is 0.0121. The van der Waals surface area contributed by atoms with E-state index in [9.17, 15) is 47.6 Å². The summed E-state index contributed by atoms with van der Waals surface area (Å²) < 4.78 is 175. The minimum absolute atomic E-state index is 0.0119. The molecule has 6 aromatic carbocycles. The van der Waals surface area contributed by atoms with Crippen molar-refractivity contribution in [3.05, 3.63) is 107 Å². The van der Waals surface area contributed by atoms with Crippen molar-refractivity contribution in [3.8, 4) is 46.0 Å². The highest BCUT2D eigenvalue weighted by molar-refractivity contribution is 7.86. The summed E-state index contributed by atoms with van der Waals surface area (Å²) in [7, 11) is -14.5. The Morgan fingerprint density at radius 3 is 0.915 bits per heavy atom. The smallest absolute Gasteiger partial charge is 0.323 e. The number of anilines is 2. The minimum Gasteiger partial charge on any atom is -0.494 e. The minimum atomic E-state index is -4.38. The van der Waals surface area contributed by atoms with Crippen LogP contribution in [0, 0.1) is 27.7 Å². The van der Waals surface area contributed by atoms with Gasteiger partial charge in [0.2, 0.25) is 0 Å². The Kier molecular flexibility index (Phi) is 27.0. The number of carbonyl (C=O) groups excluding carboxylic acids is 1. The first-order valence-electron chi connectivity index (χ1n) is 28.7. The standard InChI is InChI=1S/C59H72N10O21S4/c1-9-85-41-15-17-43(55(31-41)87-19-11-23-91(71,72)73)62-64-45-27-39(5)47(29-37(45)3)66-68-51-35-57(89-21-13-25-93(77,78)79)49(33-53(51)83-7)60-59(70)61-50-34-54(84-8)52(36-58(50)90-22-14-26-94(80,81)82)69-67-48-30-38(4)46(28-40(48)6)65-63-44-18-16-42(86-10-2)32-56(44)88-20-12-24-92(74,75)76/h15-18,27-36H,9-14,19-26H2,1-8H3,(H2,60,61,70)(H,71,72,73)(H,74,75,76)(H,77,78,79)(H,80,81,82). The molecule has 0 aliphatic rings. The highest BCUT2D eigenvalue weighted by atomic mass is 32.2. The lowest BCUT2D eigenvalue weighted by atomic mass is 10.1. The van der Waals surface area contributed by atoms with E-state index in [2.05, 4.69) is 51.5 Å². The molecule has 0 bridgehead atoms. The van der Waals surface area contributed by atoms with E-state index in [0.29, 0.717) is 81.1 Å². The summed E-state index contributed by atoms with van der Waals surface area (Å²) in [4.78, 5) is 14.1. The molecule has 0 saturated heterocycles. The fraction of sp³-hybridized carbons (Fsp3) is 0.373. The van der Waals surface area contributed by atoms with Gasteiger partial charge in [-0.25, -0.2) is 4.79 Å². The van der Waals surface area contributed by atoms with Crippen LogP contribution in [-0.4, -0.2) is 135 Å². The van der Waals surface area contributed by atoms with Gasteiger partial charge < -0.3 is 48.5 Å². The number of azo groups is 4. The third-order valence-corrected chi connectivity index (χ3v) is 16.1. The van der Waals surface area contributed by atoms with Gasteiger partial charge in [-0.05, 0) is 138 Å². The first-order chi connectivity index (χ1) is 44.4. The Balaban J connectivity index is 1.26. The molecule has 0 fully saturated rings. The number of nitrogens with one attached hydrogen (secondary N) is 2. The number of rotatable bonds is 36. The molecule has 31 nitrogen and oxygen atoms in total. The van der Waals surface area contributed by atoms with E-state index >= 15 is 0 Å². The number of carbonyl (C=O) groups is 1. The van der Waals surface area contributed by atoms with E-state index in [1.54, 1.807) is 88.4 Å². The van der Waals surface area contributed by atoms with E-state index in [0.717, 1.165) is 0 Å². The third kappa shape index (κ3) is 24.5. The third-order valence-electron chi connectivity index (χ3n) is 12.9. The van der Waals surface area contributed by atoms with E-state index in [1.807, 2.05) is 13.8 Å². The maximum atomic E-state index is 14.1. The normalized spacial score (nSPS) is 12.2. The molecule has 94 heavy (non-hydrogen) atoms. The summed E-state index contributed by atoms with van der Waals surface area (Å²) in [5.41, 5.74) is 4.98. The van der Waals surface area contributed by atoms with Crippen molar-refractivity contribution in [1.82, 2.24) is 0 Å². The second kappa shape index (κ2) is 34.3. The summed E-state index contributed by atoms with van der Waals surface area (Å²) in [6.45, 7) is 10.8. The summed E-state index contributed by atoms with van der Waals surface area (Å²) in [6, 6.07) is 21.2. The Morgan fingerprint density at radius 2 is 0.638 bits per heavy atom. The van der Waals surface area contributed by atoms with Crippen molar-refractivity contribution in [1.29, 1.82) is 0 Å². The molecule has 0 heterocycles. The average molecular weight is 1390 g/mol. The van der Waals surface area contributed by atoms with E-state index in [1.165, 1.54) is 38.5 Å². The number of nitrogens with zero attached hydrogens (tertiary/aromatic N) is 8. The summed E-state index contributed by atoms with van der Waals surface area (Å²) >= 11 is 0. The van der Waals surface area contributed by atoms with Crippen LogP contribution in [0.3, 0.4) is 0 Å². The molecule has 6 N–H and O–H groups in total. The highest BCUT2D eigenvalue weighted by Crippen LogP contribution is 2.44. The molecule has 2 amide bonds. The molecule has 35 heteroatoms. The molecule has 0 aliphatic carbocycles. The van der Waals surface area contributed by atoms with Crippen molar-refractivity contribution >= 4 is 103 Å². The Bertz CT molecular complexity index is 4000. The zero-order valence-corrected chi connectivity index (χ0v) is 55.7. The van der Waals surface area contributed by atoms with Crippen molar-refractivity contribution < 1.29 is 94.6 Å². The van der Waals surface area contributed by atoms with Gasteiger partial charge in [0.1, 0.15) is 68.7 Å². The SMILES string of the molecule is CCOc1ccc(N=Nc2cc(C)c(N=Nc3cc(OCCCS(=O)(=O)O)c(NC(=O)Nc4cc(OC)c(N=Nc5cc(C)c(N=Nc6ccc(OCC)cc6OCCCS(=O)(=O)O)cc5C)cc4OCCCS(=O)(=O)O)cc3OC)cc2C)c(OCCCS(=O)(=O)O)c1. The van der Waals surface area contributed by atoms with Crippen LogP contribution in [0.15, 0.2) is 126 Å². The first kappa shape index (κ1) is 74.1. The highest BCUT2D eigenvalue weighted by Gasteiger charge is 2.21. The van der Waals surface area contributed by atoms with Crippen LogP contribution >= 0.6 is 0 Å². The van der Waals surface area contributed by atoms with Crippen LogP contribution in [0.25, 0.3) is 0 Å². The number of ether oxygens (including phenoxy) is 8. The lowest BCUT2D eigenvalue weighted by Gasteiger charge is -2.18. The molecule has 0 spiro atoms. The van der Waals surface area contributed by atoms with Crippen molar-refractivity contribution in [2.24, 2.45) is 40.9 Å². The van der Waals surface area contributed by atoms with Crippen LogP contribution in [0.2, 0.25) is 0 Å². The van der Waals surface area contributed by atoms with Crippen molar-refractivity contribution in [2.45, 2.75) is 67.2 Å². The van der Waals surface area contributed by atoms with Gasteiger partial charge in [-0.15, -0.1) is 20.5 Å². The largest absolute Gasteiger partial charge is 0.494 e. The zero-order chi connectivity index (χ0) is 68.8. The van der Waals surface area contributed by atoms with Gasteiger partial charge in [0, 0.05) is 36.4 Å². The predicted molar refractivity (Wildman–Crippen MR) is 348 cm³/mol. The zero-order valence-electron chi connectivity index (χ0n) is 52.4. The van der Waals surface area contributed by atoms with Gasteiger partial charge in [0.05, 0.1) is 111 Å². The van der Waals surface area contributed by atoms with Gasteiger partial charge in [0.25, 0.3) is 40.5 Å². The molecular formula is C59H72N10O21S4. The number of urea groups is 1. The Morgan fingerprint density at radius 1 is 0.362 bits per heavy atom. The van der Waals surface area contributed by atoms with Crippen LogP contribution in [0.5, 0.6) is 46.0 Å². The number of amides is 2. The van der Waals surface area contributed by atoms with Crippen LogP contribution < -0.4 is 48.5 Å². The maximum absolute atomic E-state index is 14.1. The predicted octanol–water partition coefficient (Wildman–Crippen LogP) is 13.7. The Labute approximate surface area is 544 Å². The molecule has 6 aromatic rings. The van der Waals surface area contributed by atoms with Crippen molar-refractivity contribution in [2.75, 3.05) is 87.5 Å². The molecule has 0 unspecified atom stereocenters. The van der Waals surface area contributed by atoms with Crippen LogP contribution in [0.1, 0.15) is 61.8 Å². The molecule has 0 aliphatic heterocycles. The van der Waals surface area contributed by atoms with Gasteiger partial charge >= 0.3 is 6.03 Å². The van der Waals surface area contributed by atoms with E-state index in [4.69, 9.17) is 47.0 Å². The topological polar surface area (TPSA) is 431 Å². The molecule has 0 radical (unpaired) electrons. The molecule has 0 atom stereocenters. The maximum Gasteiger partial charge on any atom is 0.323 e. The molecule has 6 rings (SSSR count). The van der Waals surface area contributed by atoms with Gasteiger partial charge in [-0.2, -0.15) is 54.1 Å². The van der Waals surface area contributed by atoms with Gasteiger partial charge in [0.15, 0.2) is 0 Å². The number of methoxy groups -OCH3 is 2. The molecule has 508 valence electrons. The summed E-state index contributed by atoms with van der Waals surface area (Å²) in [5, 5.41) is 40.8. The number of hydrogen-bond donors (Lipinski definition) is 6. The van der Waals surface area contributed by atoms with Crippen molar-refractivity contribution in [3.63, 3.8) is 0 Å². The lowest BCUT2D eigenvalue weighted by Crippen LogP contribution is -2.21. The summed E-state index contributed by atoms with van der Waals surface area (Å²) in [5.74, 6) is -0.725.